The number of rotatable bonds is 9. The van der Waals surface area contributed by atoms with Gasteiger partial charge < -0.3 is 24.0 Å². The number of carbonyl (C=O) groups is 1. The molecule has 0 unspecified atom stereocenters. The Kier molecular flexibility index (Phi) is 8.04. The lowest BCUT2D eigenvalue weighted by Crippen LogP contribution is -2.48. The van der Waals surface area contributed by atoms with Crippen LogP contribution >= 0.6 is 0 Å². The van der Waals surface area contributed by atoms with Gasteiger partial charge in [0.1, 0.15) is 11.5 Å². The summed E-state index contributed by atoms with van der Waals surface area (Å²) in [6.07, 6.45) is 0. The number of methoxy groups -OCH3 is 1. The van der Waals surface area contributed by atoms with E-state index in [0.29, 0.717) is 38.5 Å². The maximum Gasteiger partial charge on any atom is 0.253 e. The molecule has 1 saturated heterocycles. The molecule has 0 aliphatic carbocycles. The van der Waals surface area contributed by atoms with Gasteiger partial charge in [-0.3, -0.25) is 4.79 Å². The first kappa shape index (κ1) is 23.6. The molecule has 6 heteroatoms. The van der Waals surface area contributed by atoms with Crippen LogP contribution in [-0.2, 0) is 18.0 Å². The second-order valence-corrected chi connectivity index (χ2v) is 8.21. The van der Waals surface area contributed by atoms with Crippen LogP contribution < -0.4 is 14.4 Å². The smallest absolute Gasteiger partial charge is 0.253 e. The standard InChI is InChI=1S/C28H32N2O4/c1-3-34-27-14-9-23(19-24(27)21-33-20-22-7-5-4-6-8-22)28(31)30-17-15-29(16-18-30)25-10-12-26(32-2)13-11-25/h4-14,19H,3,15-18,20-21H2,1-2H3. The molecule has 6 nitrogen and oxygen atoms in total. The SMILES string of the molecule is CCOc1ccc(C(=O)N2CCN(c3ccc(OC)cc3)CC2)cc1COCc1ccccc1. The maximum atomic E-state index is 13.3. The lowest BCUT2D eigenvalue weighted by molar-refractivity contribution is 0.0745. The number of amides is 1. The molecule has 3 aromatic carbocycles. The van der Waals surface area contributed by atoms with Crippen molar-refractivity contribution in [3.8, 4) is 11.5 Å². The largest absolute Gasteiger partial charge is 0.497 e. The molecule has 1 amide bonds. The van der Waals surface area contributed by atoms with Crippen LogP contribution in [-0.4, -0.2) is 50.7 Å². The average molecular weight is 461 g/mol. The van der Waals surface area contributed by atoms with Gasteiger partial charge in [-0.15, -0.1) is 0 Å². The lowest BCUT2D eigenvalue weighted by Gasteiger charge is -2.36. The van der Waals surface area contributed by atoms with Gasteiger partial charge in [0.05, 0.1) is 26.9 Å². The van der Waals surface area contributed by atoms with Crippen molar-refractivity contribution in [2.24, 2.45) is 0 Å². The summed E-state index contributed by atoms with van der Waals surface area (Å²) in [5, 5.41) is 0. The van der Waals surface area contributed by atoms with Crippen LogP contribution in [0.25, 0.3) is 0 Å². The van der Waals surface area contributed by atoms with Crippen molar-refractivity contribution in [3.05, 3.63) is 89.5 Å². The molecule has 0 aromatic heterocycles. The summed E-state index contributed by atoms with van der Waals surface area (Å²) in [5.74, 6) is 1.65. The summed E-state index contributed by atoms with van der Waals surface area (Å²) in [4.78, 5) is 17.5. The molecule has 4 rings (SSSR count). The summed E-state index contributed by atoms with van der Waals surface area (Å²) >= 11 is 0. The summed E-state index contributed by atoms with van der Waals surface area (Å²) in [6, 6.07) is 23.8. The summed E-state index contributed by atoms with van der Waals surface area (Å²) in [6.45, 7) is 6.36. The second kappa shape index (κ2) is 11.6. The fraction of sp³-hybridized carbons (Fsp3) is 0.321. The highest BCUT2D eigenvalue weighted by Gasteiger charge is 2.23. The summed E-state index contributed by atoms with van der Waals surface area (Å²) in [7, 11) is 1.67. The molecule has 0 spiro atoms. The van der Waals surface area contributed by atoms with Crippen LogP contribution in [0.3, 0.4) is 0 Å². The number of nitrogens with zero attached hydrogens (tertiary/aromatic N) is 2. The van der Waals surface area contributed by atoms with Crippen molar-refractivity contribution >= 4 is 11.6 Å². The van der Waals surface area contributed by atoms with E-state index in [0.717, 1.165) is 41.4 Å². The number of piperazine rings is 1. The van der Waals surface area contributed by atoms with Crippen LogP contribution in [0.15, 0.2) is 72.8 Å². The Morgan fingerprint density at radius 2 is 1.62 bits per heavy atom. The third kappa shape index (κ3) is 5.88. The number of hydrogen-bond acceptors (Lipinski definition) is 5. The number of hydrogen-bond donors (Lipinski definition) is 0. The topological polar surface area (TPSA) is 51.2 Å². The van der Waals surface area contributed by atoms with Crippen LogP contribution in [0.1, 0.15) is 28.4 Å². The minimum Gasteiger partial charge on any atom is -0.497 e. The van der Waals surface area contributed by atoms with E-state index in [4.69, 9.17) is 14.2 Å². The van der Waals surface area contributed by atoms with Crippen molar-refractivity contribution < 1.29 is 19.0 Å². The third-order valence-corrected chi connectivity index (χ3v) is 5.98. The highest BCUT2D eigenvalue weighted by molar-refractivity contribution is 5.94. The predicted octanol–water partition coefficient (Wildman–Crippen LogP) is 4.77. The molecular weight excluding hydrogens is 428 g/mol. The normalized spacial score (nSPS) is 13.6. The van der Waals surface area contributed by atoms with Crippen LogP contribution in [0, 0.1) is 0 Å². The monoisotopic (exact) mass is 460 g/mol. The molecule has 3 aromatic rings. The highest BCUT2D eigenvalue weighted by atomic mass is 16.5. The molecule has 0 atom stereocenters. The van der Waals surface area contributed by atoms with Crippen LogP contribution in [0.4, 0.5) is 5.69 Å². The zero-order chi connectivity index (χ0) is 23.8. The van der Waals surface area contributed by atoms with Crippen molar-refractivity contribution in [3.63, 3.8) is 0 Å². The van der Waals surface area contributed by atoms with E-state index in [9.17, 15) is 4.79 Å². The number of carbonyl (C=O) groups excluding carboxylic acids is 1. The predicted molar refractivity (Wildman–Crippen MR) is 134 cm³/mol. The average Bonchev–Trinajstić information content (AvgIpc) is 2.90. The zero-order valence-corrected chi connectivity index (χ0v) is 19.9. The van der Waals surface area contributed by atoms with Gasteiger partial charge in [-0.2, -0.15) is 0 Å². The Bertz CT molecular complexity index is 1060. The summed E-state index contributed by atoms with van der Waals surface area (Å²) < 4.78 is 17.0. The van der Waals surface area contributed by atoms with E-state index < -0.39 is 0 Å². The molecule has 0 bridgehead atoms. The molecule has 1 heterocycles. The minimum atomic E-state index is 0.0433. The molecule has 0 saturated carbocycles. The van der Waals surface area contributed by atoms with Gasteiger partial charge in [-0.05, 0) is 55.0 Å². The van der Waals surface area contributed by atoms with Crippen LogP contribution in [0.2, 0.25) is 0 Å². The zero-order valence-electron chi connectivity index (χ0n) is 19.9. The third-order valence-electron chi connectivity index (χ3n) is 5.98. The molecule has 1 aliphatic rings. The minimum absolute atomic E-state index is 0.0433. The fourth-order valence-electron chi connectivity index (χ4n) is 4.12. The highest BCUT2D eigenvalue weighted by Crippen LogP contribution is 2.24. The second-order valence-electron chi connectivity index (χ2n) is 8.21. The van der Waals surface area contributed by atoms with E-state index in [-0.39, 0.29) is 5.91 Å². The Labute approximate surface area is 201 Å². The van der Waals surface area contributed by atoms with Crippen molar-refractivity contribution in [2.75, 3.05) is 44.8 Å². The Morgan fingerprint density at radius 1 is 0.882 bits per heavy atom. The van der Waals surface area contributed by atoms with Crippen molar-refractivity contribution in [1.82, 2.24) is 4.90 Å². The quantitative estimate of drug-likeness (QED) is 0.460. The van der Waals surface area contributed by atoms with Crippen molar-refractivity contribution in [1.29, 1.82) is 0 Å². The molecular formula is C28H32N2O4. The van der Waals surface area contributed by atoms with E-state index in [1.54, 1.807) is 7.11 Å². The van der Waals surface area contributed by atoms with Gasteiger partial charge in [0.2, 0.25) is 0 Å². The van der Waals surface area contributed by atoms with Gasteiger partial charge in [-0.1, -0.05) is 30.3 Å². The van der Waals surface area contributed by atoms with E-state index in [2.05, 4.69) is 17.0 Å². The van der Waals surface area contributed by atoms with Gasteiger partial charge in [0.25, 0.3) is 5.91 Å². The van der Waals surface area contributed by atoms with Gasteiger partial charge in [0.15, 0.2) is 0 Å². The first-order valence-corrected chi connectivity index (χ1v) is 11.7. The van der Waals surface area contributed by atoms with Gasteiger partial charge in [0, 0.05) is 43.0 Å². The van der Waals surface area contributed by atoms with E-state index in [1.165, 1.54) is 0 Å². The van der Waals surface area contributed by atoms with Crippen molar-refractivity contribution in [2.45, 2.75) is 20.1 Å². The summed E-state index contributed by atoms with van der Waals surface area (Å²) in [5.41, 5.74) is 3.81. The number of ether oxygens (including phenoxy) is 3. The number of anilines is 1. The van der Waals surface area contributed by atoms with Gasteiger partial charge in [-0.25, -0.2) is 0 Å². The fourth-order valence-corrected chi connectivity index (χ4v) is 4.12. The lowest BCUT2D eigenvalue weighted by atomic mass is 10.1. The van der Waals surface area contributed by atoms with Crippen LogP contribution in [0.5, 0.6) is 11.5 Å². The molecule has 0 radical (unpaired) electrons. The number of benzene rings is 3. The molecule has 178 valence electrons. The Morgan fingerprint density at radius 3 is 2.29 bits per heavy atom. The van der Waals surface area contributed by atoms with E-state index in [1.807, 2.05) is 72.5 Å². The van der Waals surface area contributed by atoms with E-state index >= 15 is 0 Å². The first-order valence-electron chi connectivity index (χ1n) is 11.7. The Hall–Kier alpha value is -3.51. The molecule has 34 heavy (non-hydrogen) atoms. The maximum absolute atomic E-state index is 13.3. The first-order chi connectivity index (χ1) is 16.7. The molecule has 0 N–H and O–H groups in total. The van der Waals surface area contributed by atoms with Gasteiger partial charge >= 0.3 is 0 Å². The molecule has 1 fully saturated rings. The molecule has 1 aliphatic heterocycles. The Balaban J connectivity index is 1.38.